The molecule has 6 heteroatoms. The summed E-state index contributed by atoms with van der Waals surface area (Å²) in [6.07, 6.45) is 0. The van der Waals surface area contributed by atoms with Crippen molar-refractivity contribution in [2.45, 2.75) is 6.92 Å². The molecule has 17 heavy (non-hydrogen) atoms. The number of aromatic nitrogens is 2. The van der Waals surface area contributed by atoms with Crippen LogP contribution in [0.4, 0.5) is 0 Å². The maximum Gasteiger partial charge on any atom is 0.162 e. The largest absolute Gasteiger partial charge is 0.232 e. The molecule has 0 aliphatic carbocycles. The van der Waals surface area contributed by atoms with Gasteiger partial charge in [-0.2, -0.15) is 0 Å². The van der Waals surface area contributed by atoms with E-state index in [2.05, 4.69) is 41.8 Å². The van der Waals surface area contributed by atoms with E-state index in [1.165, 1.54) is 0 Å². The quantitative estimate of drug-likeness (QED) is 0.612. The predicted octanol–water partition coefficient (Wildman–Crippen LogP) is 5.28. The van der Waals surface area contributed by atoms with Crippen LogP contribution in [0.25, 0.3) is 11.4 Å². The van der Waals surface area contributed by atoms with Crippen molar-refractivity contribution in [1.82, 2.24) is 9.97 Å². The number of rotatable bonds is 1. The molecule has 1 heterocycles. The number of hydrogen-bond donors (Lipinski definition) is 0. The number of nitrogens with zero attached hydrogens (tertiary/aromatic N) is 2. The minimum Gasteiger partial charge on any atom is -0.232 e. The van der Waals surface area contributed by atoms with Crippen LogP contribution in [0.3, 0.4) is 0 Å². The Morgan fingerprint density at radius 1 is 1.12 bits per heavy atom. The molecular formula is C11H6Br2Cl2N2. The Morgan fingerprint density at radius 3 is 2.41 bits per heavy atom. The molecule has 2 rings (SSSR count). The summed E-state index contributed by atoms with van der Waals surface area (Å²) in [5.41, 5.74) is 1.53. The zero-order valence-corrected chi connectivity index (χ0v) is 13.3. The summed E-state index contributed by atoms with van der Waals surface area (Å²) in [5, 5.41) is 0.962. The fraction of sp³-hybridized carbons (Fsp3) is 0.0909. The van der Waals surface area contributed by atoms with Crippen molar-refractivity contribution in [2.24, 2.45) is 0 Å². The molecule has 0 saturated carbocycles. The minimum atomic E-state index is 0.381. The summed E-state index contributed by atoms with van der Waals surface area (Å²) in [6.45, 7) is 1.86. The minimum absolute atomic E-state index is 0.381. The molecule has 0 amide bonds. The van der Waals surface area contributed by atoms with Crippen LogP contribution in [0.15, 0.2) is 27.1 Å². The second-order valence-electron chi connectivity index (χ2n) is 3.36. The highest BCUT2D eigenvalue weighted by molar-refractivity contribution is 9.10. The van der Waals surface area contributed by atoms with Gasteiger partial charge in [0.2, 0.25) is 0 Å². The van der Waals surface area contributed by atoms with Crippen molar-refractivity contribution in [3.05, 3.63) is 43.0 Å². The van der Waals surface area contributed by atoms with Gasteiger partial charge < -0.3 is 0 Å². The van der Waals surface area contributed by atoms with Crippen molar-refractivity contribution in [3.8, 4) is 11.4 Å². The molecule has 1 aromatic carbocycles. The van der Waals surface area contributed by atoms with Gasteiger partial charge in [0, 0.05) is 10.0 Å². The van der Waals surface area contributed by atoms with E-state index in [1.807, 2.05) is 19.1 Å². The Hall–Kier alpha value is -0.160. The lowest BCUT2D eigenvalue weighted by Gasteiger charge is -2.06. The highest BCUT2D eigenvalue weighted by atomic mass is 79.9. The zero-order valence-electron chi connectivity index (χ0n) is 8.64. The lowest BCUT2D eigenvalue weighted by Crippen LogP contribution is -1.95. The third-order valence-corrected chi connectivity index (χ3v) is 4.41. The number of benzene rings is 1. The fourth-order valence-electron chi connectivity index (χ4n) is 1.32. The molecule has 0 N–H and O–H groups in total. The van der Waals surface area contributed by atoms with Crippen LogP contribution in [0.5, 0.6) is 0 Å². The molecule has 0 fully saturated rings. The summed E-state index contributed by atoms with van der Waals surface area (Å²) < 4.78 is 1.61. The van der Waals surface area contributed by atoms with E-state index in [1.54, 1.807) is 6.07 Å². The Morgan fingerprint density at radius 2 is 1.82 bits per heavy atom. The third kappa shape index (κ3) is 2.81. The van der Waals surface area contributed by atoms with Crippen molar-refractivity contribution >= 4 is 55.1 Å². The molecule has 88 valence electrons. The number of halogens is 4. The highest BCUT2D eigenvalue weighted by Gasteiger charge is 2.11. The molecule has 0 unspecified atom stereocenters. The van der Waals surface area contributed by atoms with Gasteiger partial charge in [0.05, 0.1) is 15.2 Å². The Labute approximate surface area is 126 Å². The number of aryl methyl sites for hydroxylation is 1. The van der Waals surface area contributed by atoms with Gasteiger partial charge in [0.25, 0.3) is 0 Å². The monoisotopic (exact) mass is 394 g/mol. The van der Waals surface area contributed by atoms with Gasteiger partial charge in [-0.15, -0.1) is 0 Å². The van der Waals surface area contributed by atoms with Crippen LogP contribution in [-0.2, 0) is 0 Å². The summed E-state index contributed by atoms with van der Waals surface area (Å²) >= 11 is 18.8. The summed E-state index contributed by atoms with van der Waals surface area (Å²) in [7, 11) is 0. The smallest absolute Gasteiger partial charge is 0.162 e. The molecule has 0 aliphatic rings. The molecule has 0 bridgehead atoms. The molecule has 0 spiro atoms. The van der Waals surface area contributed by atoms with E-state index in [0.717, 1.165) is 15.7 Å². The van der Waals surface area contributed by atoms with Crippen molar-refractivity contribution in [2.75, 3.05) is 0 Å². The van der Waals surface area contributed by atoms with Crippen LogP contribution >= 0.6 is 55.1 Å². The van der Waals surface area contributed by atoms with Crippen molar-refractivity contribution in [3.63, 3.8) is 0 Å². The maximum atomic E-state index is 6.14. The molecule has 2 nitrogen and oxygen atoms in total. The topological polar surface area (TPSA) is 25.8 Å². The Bertz CT molecular complexity index is 565. The second kappa shape index (κ2) is 5.22. The van der Waals surface area contributed by atoms with Gasteiger partial charge in [-0.05, 0) is 41.1 Å². The molecular weight excluding hydrogens is 391 g/mol. The first-order valence-corrected chi connectivity index (χ1v) is 6.98. The fourth-order valence-corrected chi connectivity index (χ4v) is 2.47. The molecule has 0 radical (unpaired) electrons. The Kier molecular flexibility index (Phi) is 4.08. The van der Waals surface area contributed by atoms with Crippen molar-refractivity contribution in [1.29, 1.82) is 0 Å². The lowest BCUT2D eigenvalue weighted by atomic mass is 10.2. The van der Waals surface area contributed by atoms with Gasteiger partial charge in [0.1, 0.15) is 5.15 Å². The highest BCUT2D eigenvalue weighted by Crippen LogP contribution is 2.31. The van der Waals surface area contributed by atoms with Crippen LogP contribution < -0.4 is 0 Å². The normalized spacial score (nSPS) is 10.6. The third-order valence-electron chi connectivity index (χ3n) is 2.15. The van der Waals surface area contributed by atoms with Gasteiger partial charge in [-0.25, -0.2) is 9.97 Å². The van der Waals surface area contributed by atoms with Gasteiger partial charge in [-0.1, -0.05) is 39.1 Å². The first-order chi connectivity index (χ1) is 7.99. The lowest BCUT2D eigenvalue weighted by molar-refractivity contribution is 1.09. The molecule has 0 saturated heterocycles. The SMILES string of the molecule is Cc1nc(-c2ccc(Br)cc2Cl)nc(Cl)c1Br. The van der Waals surface area contributed by atoms with E-state index >= 15 is 0 Å². The maximum absolute atomic E-state index is 6.14. The molecule has 2 aromatic rings. The Balaban J connectivity index is 2.61. The van der Waals surface area contributed by atoms with Gasteiger partial charge in [0.15, 0.2) is 5.82 Å². The first-order valence-electron chi connectivity index (χ1n) is 4.64. The summed E-state index contributed by atoms with van der Waals surface area (Å²) in [6, 6.07) is 5.53. The molecule has 0 aliphatic heterocycles. The number of hydrogen-bond acceptors (Lipinski definition) is 2. The van der Waals surface area contributed by atoms with E-state index in [4.69, 9.17) is 23.2 Å². The van der Waals surface area contributed by atoms with Gasteiger partial charge in [-0.3, -0.25) is 0 Å². The van der Waals surface area contributed by atoms with E-state index in [9.17, 15) is 0 Å². The standard InChI is InChI=1S/C11H6Br2Cl2N2/c1-5-9(13)10(15)17-11(16-5)7-3-2-6(12)4-8(7)14/h2-4H,1H3. The van der Waals surface area contributed by atoms with E-state index in [-0.39, 0.29) is 0 Å². The second-order valence-corrected chi connectivity index (χ2v) is 5.84. The van der Waals surface area contributed by atoms with Crippen LogP contribution in [0, 0.1) is 6.92 Å². The average molecular weight is 397 g/mol. The summed E-state index contributed by atoms with van der Waals surface area (Å²) in [4.78, 5) is 8.55. The average Bonchev–Trinajstić information content (AvgIpc) is 2.25. The van der Waals surface area contributed by atoms with Crippen LogP contribution in [0.1, 0.15) is 5.69 Å². The van der Waals surface area contributed by atoms with E-state index < -0.39 is 0 Å². The van der Waals surface area contributed by atoms with E-state index in [0.29, 0.717) is 20.5 Å². The van der Waals surface area contributed by atoms with Gasteiger partial charge >= 0.3 is 0 Å². The molecule has 1 aromatic heterocycles. The molecule has 0 atom stereocenters. The predicted molar refractivity (Wildman–Crippen MR) is 77.6 cm³/mol. The van der Waals surface area contributed by atoms with Crippen LogP contribution in [0.2, 0.25) is 10.2 Å². The zero-order chi connectivity index (χ0) is 12.6. The van der Waals surface area contributed by atoms with Crippen LogP contribution in [-0.4, -0.2) is 9.97 Å². The summed E-state index contributed by atoms with van der Waals surface area (Å²) in [5.74, 6) is 0.521. The first kappa shape index (κ1) is 13.3. The van der Waals surface area contributed by atoms with Crippen molar-refractivity contribution < 1.29 is 0 Å².